The number of benzene rings is 3. The van der Waals surface area contributed by atoms with Crippen molar-refractivity contribution in [3.05, 3.63) is 95.6 Å². The zero-order valence-electron chi connectivity index (χ0n) is 15.3. The topological polar surface area (TPSA) is 66.8 Å². The minimum Gasteiger partial charge on any atom is -0.497 e. The smallest absolute Gasteiger partial charge is 0.335 e. The molecule has 0 aromatic heterocycles. The van der Waals surface area contributed by atoms with Crippen LogP contribution in [0.15, 0.2) is 78.9 Å². The van der Waals surface area contributed by atoms with Gasteiger partial charge in [0, 0.05) is 5.69 Å². The molecule has 28 heavy (non-hydrogen) atoms. The lowest BCUT2D eigenvalue weighted by Gasteiger charge is -2.47. The number of β-lactam (4-membered cyclic amide) rings is 1. The van der Waals surface area contributed by atoms with Crippen molar-refractivity contribution in [3.8, 4) is 5.75 Å². The molecule has 1 heterocycles. The molecule has 1 fully saturated rings. The molecule has 0 saturated carbocycles. The molecule has 3 aromatic carbocycles. The van der Waals surface area contributed by atoms with Crippen molar-refractivity contribution in [2.24, 2.45) is 0 Å². The fraction of sp³-hybridized carbons (Fsp3) is 0.130. The summed E-state index contributed by atoms with van der Waals surface area (Å²) in [6.45, 7) is 0. The van der Waals surface area contributed by atoms with Gasteiger partial charge in [-0.3, -0.25) is 4.79 Å². The molecule has 1 N–H and O–H groups in total. The summed E-state index contributed by atoms with van der Waals surface area (Å²) in [5.74, 6) is -0.526. The van der Waals surface area contributed by atoms with Crippen molar-refractivity contribution in [1.29, 1.82) is 0 Å². The Morgan fingerprint density at radius 2 is 1.54 bits per heavy atom. The Morgan fingerprint density at radius 3 is 2.11 bits per heavy atom. The fourth-order valence-electron chi connectivity index (χ4n) is 3.67. The van der Waals surface area contributed by atoms with Gasteiger partial charge in [-0.05, 0) is 47.5 Å². The number of carbonyl (C=O) groups is 2. The third kappa shape index (κ3) is 3.01. The minimum atomic E-state index is -0.990. The van der Waals surface area contributed by atoms with Crippen LogP contribution < -0.4 is 9.64 Å². The first-order valence-corrected chi connectivity index (χ1v) is 8.95. The van der Waals surface area contributed by atoms with Crippen LogP contribution >= 0.6 is 0 Å². The van der Waals surface area contributed by atoms with Crippen LogP contribution in [-0.4, -0.2) is 24.1 Å². The summed E-state index contributed by atoms with van der Waals surface area (Å²) in [5, 5.41) is 9.12. The number of nitrogens with zero attached hydrogens (tertiary/aromatic N) is 1. The van der Waals surface area contributed by atoms with Crippen LogP contribution in [-0.2, 0) is 4.79 Å². The predicted molar refractivity (Wildman–Crippen MR) is 106 cm³/mol. The molecule has 1 amide bonds. The van der Waals surface area contributed by atoms with Crippen LogP contribution in [0.5, 0.6) is 5.75 Å². The lowest BCUT2D eigenvalue weighted by atomic mass is 9.77. The van der Waals surface area contributed by atoms with Gasteiger partial charge in [-0.1, -0.05) is 42.5 Å². The second kappa shape index (κ2) is 7.19. The summed E-state index contributed by atoms with van der Waals surface area (Å²) in [6.07, 6.45) is 0. The highest BCUT2D eigenvalue weighted by Gasteiger charge is 2.49. The molecule has 0 aliphatic carbocycles. The van der Waals surface area contributed by atoms with Crippen LogP contribution in [0.25, 0.3) is 0 Å². The molecule has 0 bridgehead atoms. The Hall–Kier alpha value is -3.60. The number of aromatic carboxylic acids is 1. The number of hydrogen-bond donors (Lipinski definition) is 1. The maximum absolute atomic E-state index is 13.1. The zero-order chi connectivity index (χ0) is 19.7. The van der Waals surface area contributed by atoms with Crippen LogP contribution in [0.1, 0.15) is 33.4 Å². The summed E-state index contributed by atoms with van der Waals surface area (Å²) >= 11 is 0. The van der Waals surface area contributed by atoms with E-state index in [1.165, 1.54) is 12.1 Å². The predicted octanol–water partition coefficient (Wildman–Crippen LogP) is 4.27. The lowest BCUT2D eigenvalue weighted by molar-refractivity contribution is -0.126. The van der Waals surface area contributed by atoms with Crippen LogP contribution in [0.2, 0.25) is 0 Å². The number of carboxylic acid groups (broad SMARTS) is 1. The summed E-state index contributed by atoms with van der Waals surface area (Å²) in [7, 11) is 1.62. The van der Waals surface area contributed by atoms with Gasteiger partial charge in [0.05, 0.1) is 24.6 Å². The first-order valence-electron chi connectivity index (χ1n) is 8.95. The standard InChI is InChI=1S/C23H19NO4/c1-28-19-13-9-16(10-14-19)21-20(15-5-3-2-4-6-15)22(25)24(21)18-11-7-17(8-12-18)23(26)27/h2-14,20-21H,1H3,(H,26,27). The Bertz CT molecular complexity index is 997. The SMILES string of the molecule is COc1ccc(C2C(c3ccccc3)C(=O)N2c2ccc(C(=O)O)cc2)cc1. The summed E-state index contributed by atoms with van der Waals surface area (Å²) in [6, 6.07) is 23.6. The number of methoxy groups -OCH3 is 1. The molecular weight excluding hydrogens is 354 g/mol. The summed E-state index contributed by atoms with van der Waals surface area (Å²) in [4.78, 5) is 25.9. The van der Waals surface area contributed by atoms with E-state index in [4.69, 9.17) is 9.84 Å². The van der Waals surface area contributed by atoms with E-state index < -0.39 is 5.97 Å². The maximum atomic E-state index is 13.1. The van der Waals surface area contributed by atoms with E-state index >= 15 is 0 Å². The quantitative estimate of drug-likeness (QED) is 0.679. The highest BCUT2D eigenvalue weighted by atomic mass is 16.5. The van der Waals surface area contributed by atoms with Crippen molar-refractivity contribution >= 4 is 17.6 Å². The second-order valence-electron chi connectivity index (χ2n) is 6.67. The van der Waals surface area contributed by atoms with Crippen LogP contribution in [0, 0.1) is 0 Å². The molecule has 1 aliphatic heterocycles. The molecule has 0 radical (unpaired) electrons. The van der Waals surface area contributed by atoms with E-state index in [2.05, 4.69) is 0 Å². The monoisotopic (exact) mass is 373 g/mol. The van der Waals surface area contributed by atoms with E-state index in [-0.39, 0.29) is 23.4 Å². The molecule has 5 nitrogen and oxygen atoms in total. The number of ether oxygens (including phenoxy) is 1. The Balaban J connectivity index is 1.74. The van der Waals surface area contributed by atoms with Gasteiger partial charge in [0.25, 0.3) is 0 Å². The molecule has 4 rings (SSSR count). The van der Waals surface area contributed by atoms with E-state index in [9.17, 15) is 9.59 Å². The molecule has 2 unspecified atom stereocenters. The fourth-order valence-corrected chi connectivity index (χ4v) is 3.67. The van der Waals surface area contributed by atoms with Gasteiger partial charge in [0.15, 0.2) is 0 Å². The second-order valence-corrected chi connectivity index (χ2v) is 6.67. The Kier molecular flexibility index (Phi) is 4.57. The third-order valence-corrected chi connectivity index (χ3v) is 5.11. The van der Waals surface area contributed by atoms with Crippen molar-refractivity contribution in [2.75, 3.05) is 12.0 Å². The van der Waals surface area contributed by atoms with Crippen molar-refractivity contribution in [3.63, 3.8) is 0 Å². The number of carboxylic acids is 1. The maximum Gasteiger partial charge on any atom is 0.335 e. The van der Waals surface area contributed by atoms with Crippen molar-refractivity contribution in [2.45, 2.75) is 12.0 Å². The Labute approximate surface area is 162 Å². The first kappa shape index (κ1) is 17.8. The number of carbonyl (C=O) groups excluding carboxylic acids is 1. The van der Waals surface area contributed by atoms with Gasteiger partial charge in [0.1, 0.15) is 5.75 Å². The Morgan fingerprint density at radius 1 is 0.893 bits per heavy atom. The average molecular weight is 373 g/mol. The third-order valence-electron chi connectivity index (χ3n) is 5.11. The average Bonchev–Trinajstić information content (AvgIpc) is 2.73. The van der Waals surface area contributed by atoms with E-state index in [0.29, 0.717) is 5.69 Å². The number of amides is 1. The van der Waals surface area contributed by atoms with Crippen LogP contribution in [0.4, 0.5) is 5.69 Å². The molecule has 2 atom stereocenters. The zero-order valence-corrected chi connectivity index (χ0v) is 15.3. The van der Waals surface area contributed by atoms with E-state index in [0.717, 1.165) is 16.9 Å². The number of hydrogen-bond acceptors (Lipinski definition) is 3. The van der Waals surface area contributed by atoms with Gasteiger partial charge in [-0.2, -0.15) is 0 Å². The molecule has 5 heteroatoms. The minimum absolute atomic E-state index is 0.00454. The van der Waals surface area contributed by atoms with Crippen molar-refractivity contribution < 1.29 is 19.4 Å². The lowest BCUT2D eigenvalue weighted by Crippen LogP contribution is -2.53. The molecule has 3 aromatic rings. The van der Waals surface area contributed by atoms with Crippen LogP contribution in [0.3, 0.4) is 0 Å². The first-order chi connectivity index (χ1) is 13.6. The van der Waals surface area contributed by atoms with Gasteiger partial charge in [-0.25, -0.2) is 4.79 Å². The molecular formula is C23H19NO4. The van der Waals surface area contributed by atoms with Gasteiger partial charge in [0.2, 0.25) is 5.91 Å². The molecule has 1 aliphatic rings. The largest absolute Gasteiger partial charge is 0.497 e. The van der Waals surface area contributed by atoms with Gasteiger partial charge in [-0.15, -0.1) is 0 Å². The normalized spacial score (nSPS) is 18.5. The molecule has 1 saturated heterocycles. The summed E-state index contributed by atoms with van der Waals surface area (Å²) in [5.41, 5.74) is 2.84. The molecule has 140 valence electrons. The molecule has 0 spiro atoms. The highest BCUT2D eigenvalue weighted by Crippen LogP contribution is 2.49. The highest BCUT2D eigenvalue weighted by molar-refractivity contribution is 6.07. The number of rotatable bonds is 5. The summed E-state index contributed by atoms with van der Waals surface area (Å²) < 4.78 is 5.24. The van der Waals surface area contributed by atoms with Gasteiger partial charge >= 0.3 is 5.97 Å². The van der Waals surface area contributed by atoms with E-state index in [1.54, 1.807) is 24.1 Å². The number of anilines is 1. The van der Waals surface area contributed by atoms with E-state index in [1.807, 2.05) is 54.6 Å². The van der Waals surface area contributed by atoms with Crippen molar-refractivity contribution in [1.82, 2.24) is 0 Å². The van der Waals surface area contributed by atoms with Gasteiger partial charge < -0.3 is 14.7 Å².